The SMILES string of the molecule is C=C1NC=Cc2c1c(C(C)C)cn2C(C)C.C=c1nccc2c1=C(C(C)C)NN2C(C)C.CC(C)c1cn(C(C)C)c2c[nH]c(=O)cc12.CC(C)c1cn(C(C)C)c2ccc(=O)[nH]c12.CC(C)c1nn(C(C)C)c2c[nH]c(=O)cc12.CC(C)c1nn(C(C)C)c2ccc(=O)[nH]c12. The Morgan fingerprint density at radius 1 is 0.448 bits per heavy atom. The Hall–Kier alpha value is -9.13. The zero-order valence-corrected chi connectivity index (χ0v) is 61.7. The van der Waals surface area contributed by atoms with E-state index in [9.17, 15) is 19.2 Å². The van der Waals surface area contributed by atoms with Gasteiger partial charge in [-0.2, -0.15) is 10.2 Å². The van der Waals surface area contributed by atoms with Crippen LogP contribution >= 0.6 is 0 Å². The minimum absolute atomic E-state index is 0.0316. The normalized spacial score (nSPS) is 12.8. The highest BCUT2D eigenvalue weighted by molar-refractivity contribution is 5.84. The fourth-order valence-electron chi connectivity index (χ4n) is 12.2. The van der Waals surface area contributed by atoms with Crippen molar-refractivity contribution in [3.05, 3.63) is 184 Å². The van der Waals surface area contributed by atoms with Gasteiger partial charge < -0.3 is 44.4 Å². The molecule has 10 aromatic heterocycles. The van der Waals surface area contributed by atoms with Crippen LogP contribution in [0, 0.1) is 5.92 Å². The second-order valence-corrected chi connectivity index (χ2v) is 28.7. The van der Waals surface area contributed by atoms with Crippen molar-refractivity contribution < 1.29 is 0 Å². The van der Waals surface area contributed by atoms with Crippen LogP contribution in [0.4, 0.5) is 5.69 Å². The summed E-state index contributed by atoms with van der Waals surface area (Å²) in [5.41, 5.74) is 21.1. The molecule has 516 valence electrons. The first kappa shape index (κ1) is 74.3. The van der Waals surface area contributed by atoms with Crippen LogP contribution in [0.15, 0.2) is 112 Å². The van der Waals surface area contributed by atoms with Gasteiger partial charge in [-0.05, 0) is 160 Å². The van der Waals surface area contributed by atoms with Crippen LogP contribution in [-0.2, 0) is 0 Å². The number of hydrazine groups is 1. The summed E-state index contributed by atoms with van der Waals surface area (Å²) in [7, 11) is 0. The number of rotatable bonds is 12. The van der Waals surface area contributed by atoms with E-state index in [-0.39, 0.29) is 22.2 Å². The predicted molar refractivity (Wildman–Crippen MR) is 402 cm³/mol. The lowest BCUT2D eigenvalue weighted by atomic mass is 9.97. The van der Waals surface area contributed by atoms with Gasteiger partial charge in [0.15, 0.2) is 0 Å². The van der Waals surface area contributed by atoms with Crippen molar-refractivity contribution in [2.45, 2.75) is 232 Å². The highest BCUT2D eigenvalue weighted by Crippen LogP contribution is 2.35. The van der Waals surface area contributed by atoms with E-state index in [4.69, 9.17) is 0 Å². The lowest BCUT2D eigenvalue weighted by Crippen LogP contribution is -2.39. The molecule has 19 nitrogen and oxygen atoms in total. The molecule has 0 saturated carbocycles. The fourth-order valence-corrected chi connectivity index (χ4v) is 12.2. The Bertz CT molecular complexity index is 4330. The van der Waals surface area contributed by atoms with Gasteiger partial charge in [-0.15, -0.1) is 0 Å². The third kappa shape index (κ3) is 16.4. The van der Waals surface area contributed by atoms with E-state index in [2.05, 4.69) is 269 Å². The molecule has 12 rings (SSSR count). The molecule has 2 aliphatic rings. The molecule has 10 aromatic rings. The summed E-state index contributed by atoms with van der Waals surface area (Å²) in [6, 6.07) is 14.6. The van der Waals surface area contributed by atoms with Gasteiger partial charge in [-0.25, -0.2) is 0 Å². The number of aromatic amines is 4. The number of nitrogens with one attached hydrogen (secondary N) is 6. The molecule has 0 unspecified atom stereocenters. The lowest BCUT2D eigenvalue weighted by molar-refractivity contribution is 0.539. The number of nitrogens with zero attached hydrogens (tertiary/aromatic N) is 9. The molecular formula is C77H109N15O4. The third-order valence-electron chi connectivity index (χ3n) is 17.1. The minimum Gasteiger partial charge on any atom is -0.362 e. The number of fused-ring (bicyclic) bond motifs is 6. The second-order valence-electron chi connectivity index (χ2n) is 28.7. The summed E-state index contributed by atoms with van der Waals surface area (Å²) in [6.45, 7) is 59.6. The zero-order valence-electron chi connectivity index (χ0n) is 61.7. The average Bonchev–Trinajstić information content (AvgIpc) is 1.66. The van der Waals surface area contributed by atoms with Crippen molar-refractivity contribution in [2.75, 3.05) is 5.01 Å². The summed E-state index contributed by atoms with van der Waals surface area (Å²) in [4.78, 5) is 61.0. The topological polar surface area (TPSA) is 222 Å². The Morgan fingerprint density at radius 2 is 0.938 bits per heavy atom. The molecule has 96 heavy (non-hydrogen) atoms. The van der Waals surface area contributed by atoms with E-state index < -0.39 is 0 Å². The molecule has 0 spiro atoms. The largest absolute Gasteiger partial charge is 0.362 e. The monoisotopic (exact) mass is 1310 g/mol. The summed E-state index contributed by atoms with van der Waals surface area (Å²) < 4.78 is 10.7. The van der Waals surface area contributed by atoms with Crippen LogP contribution in [0.5, 0.6) is 0 Å². The standard InChI is InChI=1S/C14H20N2.C13H19N3.2C13H18N2O.2C12H17N3O/c1-9(2)12-8-16(10(3)4)13-6-7-15-11(5)14(12)13;1-8(2)13-12-10(5)14-7-6-11(12)16(15-13)9(3)4;1-8(2)11-7-15(9(3)4)12-6-14-13(16)5-10(11)12;1-8(2)10-7-15(9(3)4)11-5-6-12(16)14-13(10)11;1-7(2)12-9-5-11(16)13-6-10(9)15(14-12)8(3)4;1-7(2)11-12-9(5-6-10(16)13-12)15(14-11)8(3)4/h6-10,15H,5H2,1-4H3;6-9,15H,5H2,1-4H3;2*5-9H,1-4H3,(H,14,16);2*5-8H,1-4H3,(H,13,16). The quantitative estimate of drug-likeness (QED) is 0.0679. The Kier molecular flexibility index (Phi) is 24.1. The van der Waals surface area contributed by atoms with E-state index in [1.54, 1.807) is 30.5 Å². The molecule has 0 amide bonds. The molecule has 0 fully saturated rings. The predicted octanol–water partition coefficient (Wildman–Crippen LogP) is 15.7. The first-order valence-corrected chi connectivity index (χ1v) is 34.4. The molecule has 19 heteroatoms. The Labute approximate surface area is 566 Å². The fraction of sp³-hybridized carbons (Fsp3) is 0.468. The first-order chi connectivity index (χ1) is 45.1. The molecule has 12 heterocycles. The maximum Gasteiger partial charge on any atom is 0.248 e. The van der Waals surface area contributed by atoms with Gasteiger partial charge in [0.25, 0.3) is 0 Å². The summed E-state index contributed by atoms with van der Waals surface area (Å²) in [6.07, 6.45) is 16.1. The van der Waals surface area contributed by atoms with Crippen molar-refractivity contribution >= 4 is 73.6 Å². The van der Waals surface area contributed by atoms with E-state index in [0.717, 1.165) is 66.3 Å². The molecule has 0 atom stereocenters. The molecule has 0 radical (unpaired) electrons. The highest BCUT2D eigenvalue weighted by atomic mass is 16.1. The van der Waals surface area contributed by atoms with E-state index in [1.165, 1.54) is 44.6 Å². The van der Waals surface area contributed by atoms with Crippen LogP contribution in [0.1, 0.15) is 265 Å². The first-order valence-electron chi connectivity index (χ1n) is 34.4. The van der Waals surface area contributed by atoms with Gasteiger partial charge in [0.2, 0.25) is 22.2 Å². The molecule has 2 aliphatic heterocycles. The summed E-state index contributed by atoms with van der Waals surface area (Å²) >= 11 is 0. The van der Waals surface area contributed by atoms with Gasteiger partial charge in [0.05, 0.1) is 61.2 Å². The van der Waals surface area contributed by atoms with E-state index in [0.29, 0.717) is 71.8 Å². The van der Waals surface area contributed by atoms with Crippen molar-refractivity contribution in [2.24, 2.45) is 5.92 Å². The maximum atomic E-state index is 11.4. The summed E-state index contributed by atoms with van der Waals surface area (Å²) in [5.74, 6) is 2.46. The second kappa shape index (κ2) is 31.2. The Balaban J connectivity index is 0.000000163. The van der Waals surface area contributed by atoms with Crippen LogP contribution in [-0.4, -0.2) is 64.2 Å². The number of H-pyrrole nitrogens is 4. The average molecular weight is 1310 g/mol. The van der Waals surface area contributed by atoms with Crippen LogP contribution in [0.3, 0.4) is 0 Å². The number of aromatic nitrogens is 12. The number of hydrogen-bond acceptors (Lipinski definition) is 10. The van der Waals surface area contributed by atoms with Crippen molar-refractivity contribution in [1.82, 2.24) is 68.9 Å². The number of anilines is 1. The number of hydrogen-bond donors (Lipinski definition) is 6. The van der Waals surface area contributed by atoms with Gasteiger partial charge >= 0.3 is 0 Å². The minimum atomic E-state index is -0.0716. The third-order valence-corrected chi connectivity index (χ3v) is 17.1. The maximum absolute atomic E-state index is 11.4. The molecule has 0 aliphatic carbocycles. The molecule has 6 N–H and O–H groups in total. The zero-order chi connectivity index (χ0) is 71.2. The molecule has 0 aromatic carbocycles. The van der Waals surface area contributed by atoms with Gasteiger partial charge in [0.1, 0.15) is 0 Å². The van der Waals surface area contributed by atoms with E-state index >= 15 is 0 Å². The van der Waals surface area contributed by atoms with Crippen molar-refractivity contribution in [1.29, 1.82) is 0 Å². The van der Waals surface area contributed by atoms with Gasteiger partial charge in [-0.3, -0.25) is 38.5 Å². The van der Waals surface area contributed by atoms with Crippen LogP contribution in [0.2, 0.25) is 0 Å². The number of pyridine rings is 5. The van der Waals surface area contributed by atoms with Crippen molar-refractivity contribution in [3.8, 4) is 0 Å². The molecular weight excluding hydrogens is 1200 g/mol. The van der Waals surface area contributed by atoms with Gasteiger partial charge in [-0.1, -0.05) is 96.2 Å². The summed E-state index contributed by atoms with van der Waals surface area (Å²) in [5, 5.41) is 18.6. The smallest absolute Gasteiger partial charge is 0.248 e. The van der Waals surface area contributed by atoms with Crippen molar-refractivity contribution in [3.63, 3.8) is 0 Å². The van der Waals surface area contributed by atoms with Crippen LogP contribution < -0.4 is 48.6 Å². The Morgan fingerprint density at radius 3 is 1.46 bits per heavy atom. The van der Waals surface area contributed by atoms with Gasteiger partial charge in [0, 0.05) is 137 Å². The van der Waals surface area contributed by atoms with Crippen LogP contribution in [0.25, 0.3) is 67.9 Å². The molecule has 0 bridgehead atoms. The lowest BCUT2D eigenvalue weighted by Gasteiger charge is -2.26. The molecule has 0 saturated heterocycles. The highest BCUT2D eigenvalue weighted by Gasteiger charge is 2.25. The van der Waals surface area contributed by atoms with E-state index in [1.807, 2.05) is 46.2 Å².